The van der Waals surface area contributed by atoms with Crippen LogP contribution in [0.5, 0.6) is 0 Å². The maximum absolute atomic E-state index is 14.5. The number of rotatable bonds is 13. The zero-order valence-electron chi connectivity index (χ0n) is 28.6. The van der Waals surface area contributed by atoms with Crippen molar-refractivity contribution >= 4 is 50.7 Å². The van der Waals surface area contributed by atoms with Crippen LogP contribution in [-0.2, 0) is 38.0 Å². The number of halogens is 2. The molecule has 4 aliphatic carbocycles. The van der Waals surface area contributed by atoms with Gasteiger partial charge in [0.2, 0.25) is 21.8 Å². The van der Waals surface area contributed by atoms with E-state index < -0.39 is 28.5 Å². The lowest BCUT2D eigenvalue weighted by atomic mass is 9.48. The first-order valence-electron chi connectivity index (χ1n) is 17.5. The summed E-state index contributed by atoms with van der Waals surface area (Å²) in [5.41, 5.74) is 3.20. The highest BCUT2D eigenvalue weighted by Gasteiger charge is 2.51. The number of sulfonamides is 1. The van der Waals surface area contributed by atoms with Gasteiger partial charge in [-0.05, 0) is 110 Å². The highest BCUT2D eigenvalue weighted by molar-refractivity contribution is 7.92. The molecule has 0 heterocycles. The van der Waals surface area contributed by atoms with Gasteiger partial charge >= 0.3 is 0 Å². The van der Waals surface area contributed by atoms with Crippen molar-refractivity contribution in [1.82, 2.24) is 10.2 Å². The van der Waals surface area contributed by atoms with E-state index in [4.69, 9.17) is 23.2 Å². The van der Waals surface area contributed by atoms with Crippen molar-refractivity contribution in [3.63, 3.8) is 0 Å². The maximum Gasteiger partial charge on any atom is 0.244 e. The molecule has 2 atom stereocenters. The Hall–Kier alpha value is -3.07. The van der Waals surface area contributed by atoms with Crippen LogP contribution in [0.2, 0.25) is 10.0 Å². The van der Waals surface area contributed by atoms with Crippen molar-refractivity contribution < 1.29 is 18.0 Å². The number of carbonyl (C=O) groups excluding carboxylic acids is 2. The van der Waals surface area contributed by atoms with E-state index in [0.29, 0.717) is 27.7 Å². The number of carbonyl (C=O) groups is 2. The molecule has 7 rings (SSSR count). The fourth-order valence-corrected chi connectivity index (χ4v) is 10.3. The third-order valence-electron chi connectivity index (χ3n) is 11.1. The van der Waals surface area contributed by atoms with Crippen LogP contribution in [-0.4, -0.2) is 50.0 Å². The van der Waals surface area contributed by atoms with E-state index in [1.54, 1.807) is 18.2 Å². The smallest absolute Gasteiger partial charge is 0.244 e. The number of amides is 2. The molecule has 2 amide bonds. The highest BCUT2D eigenvalue weighted by atomic mass is 35.5. The predicted molar refractivity (Wildman–Crippen MR) is 197 cm³/mol. The minimum atomic E-state index is -3.89. The molecule has 4 bridgehead atoms. The van der Waals surface area contributed by atoms with Crippen LogP contribution < -0.4 is 9.62 Å². The lowest BCUT2D eigenvalue weighted by Crippen LogP contribution is -2.54. The lowest BCUT2D eigenvalue weighted by molar-refractivity contribution is -0.140. The zero-order chi connectivity index (χ0) is 34.9. The first-order valence-corrected chi connectivity index (χ1v) is 20.1. The average Bonchev–Trinajstić information content (AvgIpc) is 3.05. The molecule has 3 aromatic rings. The molecule has 4 fully saturated rings. The molecule has 0 aromatic heterocycles. The van der Waals surface area contributed by atoms with Crippen LogP contribution in [0.3, 0.4) is 0 Å². The Labute approximate surface area is 301 Å². The Bertz CT molecular complexity index is 1710. The summed E-state index contributed by atoms with van der Waals surface area (Å²) in [5, 5.41) is 3.75. The second-order valence-electron chi connectivity index (χ2n) is 14.8. The van der Waals surface area contributed by atoms with Gasteiger partial charge in [-0.25, -0.2) is 8.42 Å². The quantitative estimate of drug-likeness (QED) is 0.195. The van der Waals surface area contributed by atoms with Gasteiger partial charge in [-0.15, -0.1) is 0 Å². The summed E-state index contributed by atoms with van der Waals surface area (Å²) in [6, 6.07) is 21.3. The fraction of sp³-hybridized carbons (Fsp3) is 0.487. The minimum Gasteiger partial charge on any atom is -0.352 e. The predicted octanol–water partition coefficient (Wildman–Crippen LogP) is 7.78. The van der Waals surface area contributed by atoms with Crippen molar-refractivity contribution in [2.45, 2.75) is 89.3 Å². The molecule has 0 aliphatic heterocycles. The Morgan fingerprint density at radius 2 is 1.45 bits per heavy atom. The largest absolute Gasteiger partial charge is 0.352 e. The van der Waals surface area contributed by atoms with E-state index in [1.807, 2.05) is 56.3 Å². The zero-order valence-corrected chi connectivity index (χ0v) is 30.9. The molecule has 4 saturated carbocycles. The van der Waals surface area contributed by atoms with Gasteiger partial charge < -0.3 is 10.2 Å². The molecule has 0 saturated heterocycles. The summed E-state index contributed by atoms with van der Waals surface area (Å²) < 4.78 is 27.9. The molecule has 0 spiro atoms. The van der Waals surface area contributed by atoms with Gasteiger partial charge in [0.25, 0.3) is 0 Å². The number of hydrogen-bond acceptors (Lipinski definition) is 4. The second kappa shape index (κ2) is 14.7. The van der Waals surface area contributed by atoms with Crippen molar-refractivity contribution in [1.29, 1.82) is 0 Å². The molecule has 3 aromatic carbocycles. The summed E-state index contributed by atoms with van der Waals surface area (Å²) in [7, 11) is -3.89. The number of nitrogens with zero attached hydrogens (tertiary/aromatic N) is 2. The summed E-state index contributed by atoms with van der Waals surface area (Å²) in [5.74, 6) is 1.49. The molecule has 49 heavy (non-hydrogen) atoms. The summed E-state index contributed by atoms with van der Waals surface area (Å²) in [6.07, 6.45) is 9.67. The first-order chi connectivity index (χ1) is 23.3. The third-order valence-corrected chi connectivity index (χ3v) is 13.0. The molecule has 1 N–H and O–H groups in total. The monoisotopic (exact) mass is 723 g/mol. The molecular formula is C39H47Cl2N3O4S. The van der Waals surface area contributed by atoms with Gasteiger partial charge in [0.15, 0.2) is 0 Å². The number of nitrogens with one attached hydrogen (secondary N) is 1. The van der Waals surface area contributed by atoms with Crippen LogP contribution in [0.15, 0.2) is 72.8 Å². The first kappa shape index (κ1) is 35.7. The standard InChI is InChI=1S/C39H47Cl2N3O4S/c1-4-26(2)42-38(46)36(20-27-9-6-5-7-10-27)43(24-33-34(40)11-8-12-35(33)41)37(45)25-44(49(3,47)48)32-15-13-31(14-16-32)39-21-28-17-29(22-39)19-30(18-28)23-39/h5-16,26,28-30,36H,4,17-25H2,1-3H3,(H,42,46). The van der Waals surface area contributed by atoms with Crippen LogP contribution in [0.1, 0.15) is 75.5 Å². The van der Waals surface area contributed by atoms with E-state index in [9.17, 15) is 18.0 Å². The maximum atomic E-state index is 14.5. The van der Waals surface area contributed by atoms with E-state index in [1.165, 1.54) is 49.0 Å². The third kappa shape index (κ3) is 7.97. The van der Waals surface area contributed by atoms with Crippen molar-refractivity contribution in [2.75, 3.05) is 17.1 Å². The van der Waals surface area contributed by atoms with Crippen LogP contribution in [0.4, 0.5) is 5.69 Å². The SMILES string of the molecule is CCC(C)NC(=O)C(Cc1ccccc1)N(Cc1c(Cl)cccc1Cl)C(=O)CN(c1ccc(C23CC4CC(CC(C4)C2)C3)cc1)S(C)(=O)=O. The van der Waals surface area contributed by atoms with E-state index >= 15 is 0 Å². The normalized spacial score (nSPS) is 23.9. The summed E-state index contributed by atoms with van der Waals surface area (Å²) >= 11 is 13.2. The number of benzene rings is 3. The van der Waals surface area contributed by atoms with Crippen molar-refractivity contribution in [2.24, 2.45) is 17.8 Å². The lowest BCUT2D eigenvalue weighted by Gasteiger charge is -2.57. The molecule has 2 unspecified atom stereocenters. The van der Waals surface area contributed by atoms with Crippen LogP contribution >= 0.6 is 23.2 Å². The Kier molecular flexibility index (Phi) is 10.7. The van der Waals surface area contributed by atoms with Gasteiger partial charge in [0.1, 0.15) is 12.6 Å². The van der Waals surface area contributed by atoms with Gasteiger partial charge in [0.05, 0.1) is 11.9 Å². The molecular weight excluding hydrogens is 677 g/mol. The van der Waals surface area contributed by atoms with E-state index in [0.717, 1.165) is 33.9 Å². The molecule has 0 radical (unpaired) electrons. The summed E-state index contributed by atoms with van der Waals surface area (Å²) in [4.78, 5) is 29.9. The molecule has 262 valence electrons. The Balaban J connectivity index is 1.33. The number of hydrogen-bond donors (Lipinski definition) is 1. The molecule has 4 aliphatic rings. The topological polar surface area (TPSA) is 86.8 Å². The van der Waals surface area contributed by atoms with E-state index in [2.05, 4.69) is 17.4 Å². The van der Waals surface area contributed by atoms with Gasteiger partial charge in [0, 0.05) is 34.6 Å². The van der Waals surface area contributed by atoms with Crippen molar-refractivity contribution in [3.8, 4) is 0 Å². The average molecular weight is 725 g/mol. The van der Waals surface area contributed by atoms with Gasteiger partial charge in [-0.1, -0.05) is 78.7 Å². The Morgan fingerprint density at radius 1 is 0.878 bits per heavy atom. The highest BCUT2D eigenvalue weighted by Crippen LogP contribution is 2.60. The van der Waals surface area contributed by atoms with E-state index in [-0.39, 0.29) is 30.3 Å². The fourth-order valence-electron chi connectivity index (χ4n) is 8.91. The molecule has 7 nitrogen and oxygen atoms in total. The second-order valence-corrected chi connectivity index (χ2v) is 17.5. The van der Waals surface area contributed by atoms with Crippen molar-refractivity contribution in [3.05, 3.63) is 99.5 Å². The summed E-state index contributed by atoms with van der Waals surface area (Å²) in [6.45, 7) is 3.32. The van der Waals surface area contributed by atoms with Crippen LogP contribution in [0.25, 0.3) is 0 Å². The number of anilines is 1. The Morgan fingerprint density at radius 3 is 1.98 bits per heavy atom. The minimum absolute atomic E-state index is 0.0780. The van der Waals surface area contributed by atoms with Gasteiger partial charge in [-0.2, -0.15) is 0 Å². The van der Waals surface area contributed by atoms with Gasteiger partial charge in [-0.3, -0.25) is 13.9 Å². The van der Waals surface area contributed by atoms with Crippen LogP contribution in [0, 0.1) is 17.8 Å². The molecule has 10 heteroatoms.